The van der Waals surface area contributed by atoms with Gasteiger partial charge in [0.05, 0.1) is 19.0 Å². The van der Waals surface area contributed by atoms with Gasteiger partial charge in [-0.2, -0.15) is 4.98 Å². The van der Waals surface area contributed by atoms with E-state index < -0.39 is 0 Å². The van der Waals surface area contributed by atoms with E-state index in [1.807, 2.05) is 22.9 Å². The summed E-state index contributed by atoms with van der Waals surface area (Å²) in [6.07, 6.45) is 8.66. The van der Waals surface area contributed by atoms with E-state index in [0.29, 0.717) is 23.8 Å². The minimum absolute atomic E-state index is 0.218. The minimum atomic E-state index is 0.218. The van der Waals surface area contributed by atoms with Gasteiger partial charge in [0.2, 0.25) is 0 Å². The number of piperazine rings is 1. The van der Waals surface area contributed by atoms with Crippen molar-refractivity contribution in [2.45, 2.75) is 70.3 Å². The first-order valence-electron chi connectivity index (χ1n) is 13.5. The lowest BCUT2D eigenvalue weighted by molar-refractivity contribution is 0.0963. The summed E-state index contributed by atoms with van der Waals surface area (Å²) < 4.78 is 10.1. The Morgan fingerprint density at radius 1 is 1.05 bits per heavy atom. The maximum Gasteiger partial charge on any atom is 0.258 e. The Kier molecular flexibility index (Phi) is 5.82. The van der Waals surface area contributed by atoms with Gasteiger partial charge in [-0.1, -0.05) is 23.7 Å². The second-order valence-electron chi connectivity index (χ2n) is 11.0. The van der Waals surface area contributed by atoms with Crippen LogP contribution >= 0.6 is 11.6 Å². The number of halogens is 1. The van der Waals surface area contributed by atoms with Crippen LogP contribution in [0, 0.1) is 5.92 Å². The molecule has 0 amide bonds. The maximum absolute atomic E-state index is 6.21. The molecule has 0 spiro atoms. The van der Waals surface area contributed by atoms with Gasteiger partial charge in [0.25, 0.3) is 5.78 Å². The number of anilines is 1. The van der Waals surface area contributed by atoms with Gasteiger partial charge in [0, 0.05) is 42.8 Å². The number of imidazole rings is 1. The van der Waals surface area contributed by atoms with Gasteiger partial charge in [-0.3, -0.25) is 4.90 Å². The first-order valence-corrected chi connectivity index (χ1v) is 13.9. The first kappa shape index (κ1) is 23.4. The molecule has 3 fully saturated rings. The van der Waals surface area contributed by atoms with Crippen LogP contribution in [0.25, 0.3) is 16.9 Å². The van der Waals surface area contributed by atoms with Crippen molar-refractivity contribution in [2.24, 2.45) is 5.92 Å². The minimum Gasteiger partial charge on any atom is -0.376 e. The van der Waals surface area contributed by atoms with Crippen LogP contribution in [0.5, 0.6) is 0 Å². The normalized spacial score (nSPS) is 25.9. The van der Waals surface area contributed by atoms with Crippen molar-refractivity contribution < 1.29 is 4.74 Å². The van der Waals surface area contributed by atoms with Crippen LogP contribution in [0.3, 0.4) is 0 Å². The zero-order valence-electron chi connectivity index (χ0n) is 21.4. The average molecular weight is 521 g/mol. The fraction of sp³-hybridized carbons (Fsp3) is 0.556. The maximum atomic E-state index is 6.21. The van der Waals surface area contributed by atoms with E-state index in [2.05, 4.69) is 50.5 Å². The molecule has 10 heteroatoms. The molecule has 0 bridgehead atoms. The Hall–Kier alpha value is -2.75. The standard InChI is InChI=1S/C27H33ClN8O/c1-17-13-35(18(2)12-34(17)24(19-5-6-19)20-7-9-21(28)10-8-20)25-23-26(36-16-30-32-27(36)31-25)33(15-29-23)14-22-4-3-11-37-22/h7-10,15-19,22,24H,3-6,11-14H2,1-2H3/t17-,18+,22+,24?/m1/s1. The van der Waals surface area contributed by atoms with Crippen molar-refractivity contribution in [2.75, 3.05) is 24.6 Å². The molecule has 1 unspecified atom stereocenters. The van der Waals surface area contributed by atoms with Gasteiger partial charge < -0.3 is 14.2 Å². The lowest BCUT2D eigenvalue weighted by Crippen LogP contribution is -2.58. The highest BCUT2D eigenvalue weighted by Gasteiger charge is 2.42. The van der Waals surface area contributed by atoms with E-state index in [1.54, 1.807) is 6.33 Å². The van der Waals surface area contributed by atoms with Gasteiger partial charge >= 0.3 is 0 Å². The Bertz CT molecular complexity index is 1410. The predicted octanol–water partition coefficient (Wildman–Crippen LogP) is 4.36. The summed E-state index contributed by atoms with van der Waals surface area (Å²) >= 11 is 6.21. The largest absolute Gasteiger partial charge is 0.376 e. The molecule has 37 heavy (non-hydrogen) atoms. The summed E-state index contributed by atoms with van der Waals surface area (Å²) in [4.78, 5) is 15.0. The molecular weight excluding hydrogens is 488 g/mol. The lowest BCUT2D eigenvalue weighted by Gasteiger charge is -2.48. The second kappa shape index (κ2) is 9.22. The van der Waals surface area contributed by atoms with Crippen LogP contribution in [0.15, 0.2) is 36.9 Å². The molecule has 1 aromatic carbocycles. The molecule has 7 rings (SSSR count). The zero-order valence-corrected chi connectivity index (χ0v) is 22.1. The SMILES string of the molecule is C[C@@H]1CN(c2nc3nncn3c3c2ncn3C[C@@H]2CCCO2)[C@@H](C)CN1C(c1ccc(Cl)cc1)C1CC1. The summed E-state index contributed by atoms with van der Waals surface area (Å²) in [6.45, 7) is 8.09. The molecule has 9 nitrogen and oxygen atoms in total. The van der Waals surface area contributed by atoms with Crippen LogP contribution in [-0.4, -0.2) is 71.9 Å². The third-order valence-electron chi connectivity index (χ3n) is 8.35. The number of nitrogens with zero attached hydrogens (tertiary/aromatic N) is 8. The highest BCUT2D eigenvalue weighted by Crippen LogP contribution is 2.46. The summed E-state index contributed by atoms with van der Waals surface area (Å²) in [5, 5.41) is 9.29. The second-order valence-corrected chi connectivity index (χ2v) is 11.5. The van der Waals surface area contributed by atoms with E-state index >= 15 is 0 Å². The molecule has 4 aromatic rings. The smallest absolute Gasteiger partial charge is 0.258 e. The molecular formula is C27H33ClN8O. The monoisotopic (exact) mass is 520 g/mol. The van der Waals surface area contributed by atoms with E-state index in [9.17, 15) is 0 Å². The van der Waals surface area contributed by atoms with E-state index in [1.165, 1.54) is 18.4 Å². The average Bonchev–Trinajstić information content (AvgIpc) is 3.24. The summed E-state index contributed by atoms with van der Waals surface area (Å²) in [5.41, 5.74) is 3.26. The highest BCUT2D eigenvalue weighted by atomic mass is 35.5. The van der Waals surface area contributed by atoms with Crippen LogP contribution in [0.1, 0.15) is 51.1 Å². The number of hydrogen-bond donors (Lipinski definition) is 0. The summed E-state index contributed by atoms with van der Waals surface area (Å²) in [7, 11) is 0. The van der Waals surface area contributed by atoms with E-state index in [0.717, 1.165) is 61.1 Å². The molecule has 1 aliphatic carbocycles. The molecule has 4 atom stereocenters. The van der Waals surface area contributed by atoms with Crippen LogP contribution in [0.2, 0.25) is 5.02 Å². The molecule has 5 heterocycles. The molecule has 0 N–H and O–H groups in total. The van der Waals surface area contributed by atoms with Crippen molar-refractivity contribution in [1.29, 1.82) is 0 Å². The van der Waals surface area contributed by atoms with Crippen molar-refractivity contribution >= 4 is 34.4 Å². The Balaban J connectivity index is 1.22. The molecule has 194 valence electrons. The van der Waals surface area contributed by atoms with Crippen molar-refractivity contribution in [3.63, 3.8) is 0 Å². The number of ether oxygens (including phenoxy) is 1. The molecule has 3 aliphatic rings. The summed E-state index contributed by atoms with van der Waals surface area (Å²) in [6, 6.07) is 9.52. The van der Waals surface area contributed by atoms with E-state index in [4.69, 9.17) is 26.3 Å². The topological polar surface area (TPSA) is 76.6 Å². The number of fused-ring (bicyclic) bond motifs is 3. The van der Waals surface area contributed by atoms with Crippen molar-refractivity contribution in [3.8, 4) is 0 Å². The molecule has 1 saturated carbocycles. The van der Waals surface area contributed by atoms with Gasteiger partial charge in [-0.25, -0.2) is 9.38 Å². The van der Waals surface area contributed by atoms with Crippen LogP contribution < -0.4 is 4.90 Å². The Morgan fingerprint density at radius 2 is 1.89 bits per heavy atom. The molecule has 3 aromatic heterocycles. The fourth-order valence-corrected chi connectivity index (χ4v) is 6.50. The number of aromatic nitrogens is 6. The molecule has 2 aliphatic heterocycles. The van der Waals surface area contributed by atoms with E-state index in [-0.39, 0.29) is 12.1 Å². The van der Waals surface area contributed by atoms with Gasteiger partial charge in [-0.05, 0) is 63.1 Å². The predicted molar refractivity (Wildman–Crippen MR) is 143 cm³/mol. The highest BCUT2D eigenvalue weighted by molar-refractivity contribution is 6.30. The van der Waals surface area contributed by atoms with Gasteiger partial charge in [0.1, 0.15) is 11.8 Å². The van der Waals surface area contributed by atoms with Gasteiger partial charge in [-0.15, -0.1) is 10.2 Å². The Labute approximate surface area is 221 Å². The fourth-order valence-electron chi connectivity index (χ4n) is 6.37. The van der Waals surface area contributed by atoms with Crippen molar-refractivity contribution in [3.05, 3.63) is 47.5 Å². The number of rotatable bonds is 6. The number of benzene rings is 1. The van der Waals surface area contributed by atoms with Crippen LogP contribution in [-0.2, 0) is 11.3 Å². The lowest BCUT2D eigenvalue weighted by atomic mass is 9.96. The molecule has 2 saturated heterocycles. The van der Waals surface area contributed by atoms with Crippen molar-refractivity contribution in [1.82, 2.24) is 34.0 Å². The zero-order chi connectivity index (χ0) is 25.1. The Morgan fingerprint density at radius 3 is 2.65 bits per heavy atom. The third kappa shape index (κ3) is 4.17. The van der Waals surface area contributed by atoms with Gasteiger partial charge in [0.15, 0.2) is 11.5 Å². The third-order valence-corrected chi connectivity index (χ3v) is 8.61. The summed E-state index contributed by atoms with van der Waals surface area (Å²) in [5.74, 6) is 2.22. The first-order chi connectivity index (χ1) is 18.1. The number of hydrogen-bond acceptors (Lipinski definition) is 7. The quantitative estimate of drug-likeness (QED) is 0.374. The molecule has 0 radical (unpaired) electrons. The van der Waals surface area contributed by atoms with Crippen LogP contribution in [0.4, 0.5) is 5.82 Å².